The minimum Gasteiger partial charge on any atom is -0.256 e. The highest BCUT2D eigenvalue weighted by Gasteiger charge is 2.22. The minimum absolute atomic E-state index is 0.907. The second-order valence-corrected chi connectivity index (χ2v) is 5.20. The van der Waals surface area contributed by atoms with Crippen molar-refractivity contribution in [3.05, 3.63) is 40.5 Å². The Bertz CT molecular complexity index is 503. The molecule has 0 aliphatic heterocycles. The zero-order valence-corrected chi connectivity index (χ0v) is 10.00. The first-order valence-corrected chi connectivity index (χ1v) is 6.15. The van der Waals surface area contributed by atoms with Gasteiger partial charge in [-0.25, -0.2) is 0 Å². The van der Waals surface area contributed by atoms with Gasteiger partial charge in [-0.2, -0.15) is 0 Å². The van der Waals surface area contributed by atoms with E-state index in [9.17, 15) is 0 Å². The van der Waals surface area contributed by atoms with Crippen LogP contribution in [0.3, 0.4) is 0 Å². The van der Waals surface area contributed by atoms with E-state index in [1.165, 1.54) is 40.2 Å². The fourth-order valence-electron chi connectivity index (χ4n) is 2.02. The largest absolute Gasteiger partial charge is 0.256 e. The maximum atomic E-state index is 4.48. The zero-order valence-electron chi connectivity index (χ0n) is 8.41. The molecule has 15 heavy (non-hydrogen) atoms. The summed E-state index contributed by atoms with van der Waals surface area (Å²) in [6.07, 6.45) is 5.85. The average Bonchev–Trinajstić information content (AvgIpc) is 3.01. The van der Waals surface area contributed by atoms with Crippen molar-refractivity contribution in [1.82, 2.24) is 4.98 Å². The first-order chi connectivity index (χ1) is 7.33. The van der Waals surface area contributed by atoms with E-state index in [1.54, 1.807) is 0 Å². The molecule has 1 aliphatic carbocycles. The molecule has 1 aromatic heterocycles. The van der Waals surface area contributed by atoms with E-state index in [0.29, 0.717) is 0 Å². The number of aromatic nitrogens is 1. The monoisotopic (exact) mass is 261 g/mol. The molecule has 1 heterocycles. The lowest BCUT2D eigenvalue weighted by atomic mass is 10.0. The van der Waals surface area contributed by atoms with Crippen LogP contribution in [0.5, 0.6) is 0 Å². The van der Waals surface area contributed by atoms with Crippen molar-refractivity contribution in [2.24, 2.45) is 5.92 Å². The molecule has 2 aromatic rings. The van der Waals surface area contributed by atoms with Crippen LogP contribution in [-0.4, -0.2) is 4.98 Å². The lowest BCUT2D eigenvalue weighted by Crippen LogP contribution is -1.91. The van der Waals surface area contributed by atoms with Gasteiger partial charge in [0.25, 0.3) is 0 Å². The van der Waals surface area contributed by atoms with Crippen LogP contribution < -0.4 is 0 Å². The van der Waals surface area contributed by atoms with E-state index in [4.69, 9.17) is 0 Å². The molecule has 2 heteroatoms. The van der Waals surface area contributed by atoms with E-state index >= 15 is 0 Å². The fourth-order valence-corrected chi connectivity index (χ4v) is 2.54. The number of fused-ring (bicyclic) bond motifs is 1. The number of hydrogen-bond donors (Lipinski definition) is 0. The Morgan fingerprint density at radius 3 is 3.00 bits per heavy atom. The van der Waals surface area contributed by atoms with Crippen molar-refractivity contribution < 1.29 is 0 Å². The van der Waals surface area contributed by atoms with Gasteiger partial charge in [0.15, 0.2) is 0 Å². The molecule has 0 amide bonds. The number of rotatable bonds is 2. The molecule has 1 saturated carbocycles. The Morgan fingerprint density at radius 2 is 2.20 bits per heavy atom. The van der Waals surface area contributed by atoms with Gasteiger partial charge in [0.1, 0.15) is 0 Å². The maximum Gasteiger partial charge on any atom is 0.0734 e. The molecular weight excluding hydrogens is 250 g/mol. The van der Waals surface area contributed by atoms with Crippen molar-refractivity contribution in [1.29, 1.82) is 0 Å². The SMILES string of the molecule is Brc1cc(CC2CC2)c2ncccc2c1. The number of hydrogen-bond acceptors (Lipinski definition) is 1. The second-order valence-electron chi connectivity index (χ2n) is 4.29. The second kappa shape index (κ2) is 3.60. The number of halogens is 1. The van der Waals surface area contributed by atoms with Gasteiger partial charge in [-0.05, 0) is 48.9 Å². The van der Waals surface area contributed by atoms with E-state index in [1.807, 2.05) is 12.3 Å². The van der Waals surface area contributed by atoms with E-state index in [2.05, 4.69) is 39.1 Å². The topological polar surface area (TPSA) is 12.9 Å². The van der Waals surface area contributed by atoms with E-state index in [-0.39, 0.29) is 0 Å². The van der Waals surface area contributed by atoms with Gasteiger partial charge in [-0.1, -0.05) is 22.0 Å². The molecule has 0 saturated heterocycles. The summed E-state index contributed by atoms with van der Waals surface area (Å²) in [5.41, 5.74) is 2.56. The lowest BCUT2D eigenvalue weighted by Gasteiger charge is -2.05. The summed E-state index contributed by atoms with van der Waals surface area (Å²) in [6, 6.07) is 8.48. The van der Waals surface area contributed by atoms with Crippen LogP contribution in [0.15, 0.2) is 34.9 Å². The van der Waals surface area contributed by atoms with Gasteiger partial charge < -0.3 is 0 Å². The highest BCUT2D eigenvalue weighted by atomic mass is 79.9. The summed E-state index contributed by atoms with van der Waals surface area (Å²) in [5.74, 6) is 0.907. The van der Waals surface area contributed by atoms with Crippen LogP contribution >= 0.6 is 15.9 Å². The molecule has 1 aliphatic rings. The highest BCUT2D eigenvalue weighted by molar-refractivity contribution is 9.10. The van der Waals surface area contributed by atoms with Crippen molar-refractivity contribution >= 4 is 26.8 Å². The highest BCUT2D eigenvalue weighted by Crippen LogP contribution is 2.35. The smallest absolute Gasteiger partial charge is 0.0734 e. The van der Waals surface area contributed by atoms with Crippen LogP contribution in [0.1, 0.15) is 18.4 Å². The summed E-state index contributed by atoms with van der Waals surface area (Å²) in [5, 5.41) is 1.24. The molecule has 76 valence electrons. The Morgan fingerprint density at radius 1 is 1.33 bits per heavy atom. The van der Waals surface area contributed by atoms with Crippen molar-refractivity contribution in [3.63, 3.8) is 0 Å². The Labute approximate surface area is 97.7 Å². The van der Waals surface area contributed by atoms with Crippen LogP contribution in [0.25, 0.3) is 10.9 Å². The van der Waals surface area contributed by atoms with Crippen molar-refractivity contribution in [2.45, 2.75) is 19.3 Å². The van der Waals surface area contributed by atoms with Gasteiger partial charge in [-0.3, -0.25) is 4.98 Å². The lowest BCUT2D eigenvalue weighted by molar-refractivity contribution is 0.836. The van der Waals surface area contributed by atoms with E-state index < -0.39 is 0 Å². The average molecular weight is 262 g/mol. The molecule has 1 aromatic carbocycles. The summed E-state index contributed by atoms with van der Waals surface area (Å²) >= 11 is 3.57. The van der Waals surface area contributed by atoms with Crippen LogP contribution in [0.4, 0.5) is 0 Å². The fraction of sp³-hybridized carbons (Fsp3) is 0.308. The van der Waals surface area contributed by atoms with Gasteiger partial charge >= 0.3 is 0 Å². The summed E-state index contributed by atoms with van der Waals surface area (Å²) in [6.45, 7) is 0. The third-order valence-corrected chi connectivity index (χ3v) is 3.41. The van der Waals surface area contributed by atoms with E-state index in [0.717, 1.165) is 5.92 Å². The number of pyridine rings is 1. The van der Waals surface area contributed by atoms with Gasteiger partial charge in [0, 0.05) is 16.1 Å². The zero-order chi connectivity index (χ0) is 10.3. The first kappa shape index (κ1) is 9.34. The molecule has 1 nitrogen and oxygen atoms in total. The number of nitrogens with zero attached hydrogens (tertiary/aromatic N) is 1. The third kappa shape index (κ3) is 1.91. The first-order valence-electron chi connectivity index (χ1n) is 5.36. The summed E-state index contributed by atoms with van der Waals surface area (Å²) < 4.78 is 1.17. The molecule has 3 rings (SSSR count). The van der Waals surface area contributed by atoms with Crippen molar-refractivity contribution in [3.8, 4) is 0 Å². The van der Waals surface area contributed by atoms with Crippen molar-refractivity contribution in [2.75, 3.05) is 0 Å². The maximum absolute atomic E-state index is 4.48. The Balaban J connectivity index is 2.16. The molecule has 0 atom stereocenters. The van der Waals surface area contributed by atoms with Gasteiger partial charge in [0.05, 0.1) is 5.52 Å². The Kier molecular flexibility index (Phi) is 2.24. The molecule has 0 spiro atoms. The quantitative estimate of drug-likeness (QED) is 0.798. The van der Waals surface area contributed by atoms with Crippen LogP contribution in [-0.2, 0) is 6.42 Å². The predicted molar refractivity (Wildman–Crippen MR) is 65.9 cm³/mol. The molecule has 0 N–H and O–H groups in total. The normalized spacial score (nSPS) is 15.8. The summed E-state index contributed by atoms with van der Waals surface area (Å²) in [4.78, 5) is 4.48. The molecule has 0 unspecified atom stereocenters. The molecule has 1 fully saturated rings. The van der Waals surface area contributed by atoms with Crippen LogP contribution in [0, 0.1) is 5.92 Å². The molecule has 0 radical (unpaired) electrons. The van der Waals surface area contributed by atoms with Crippen LogP contribution in [0.2, 0.25) is 0 Å². The molecular formula is C13H12BrN. The number of benzene rings is 1. The molecule has 0 bridgehead atoms. The van der Waals surface area contributed by atoms with Gasteiger partial charge in [0.2, 0.25) is 0 Å². The third-order valence-electron chi connectivity index (χ3n) is 2.95. The minimum atomic E-state index is 0.907. The van der Waals surface area contributed by atoms with Gasteiger partial charge in [-0.15, -0.1) is 0 Å². The predicted octanol–water partition coefficient (Wildman–Crippen LogP) is 3.95. The Hall–Kier alpha value is -0.890. The standard InChI is InChI=1S/C13H12BrN/c14-12-7-10-2-1-5-15-13(10)11(8-12)6-9-3-4-9/h1-2,5,7-9H,3-4,6H2. The summed E-state index contributed by atoms with van der Waals surface area (Å²) in [7, 11) is 0.